The van der Waals surface area contributed by atoms with Gasteiger partial charge in [-0.2, -0.15) is 4.98 Å². The fraction of sp³-hybridized carbons (Fsp3) is 0.0588. The van der Waals surface area contributed by atoms with E-state index in [2.05, 4.69) is 25.4 Å². The summed E-state index contributed by atoms with van der Waals surface area (Å²) in [4.78, 5) is 13.1. The Morgan fingerprint density at radius 1 is 1.09 bits per heavy atom. The Labute approximate surface area is 132 Å². The van der Waals surface area contributed by atoms with Crippen molar-refractivity contribution in [1.29, 1.82) is 0 Å². The number of anilines is 2. The summed E-state index contributed by atoms with van der Waals surface area (Å²) >= 11 is 0. The van der Waals surface area contributed by atoms with Crippen molar-refractivity contribution in [2.75, 3.05) is 5.32 Å². The molecule has 112 valence electrons. The van der Waals surface area contributed by atoms with Crippen LogP contribution in [-0.4, -0.2) is 24.6 Å². The zero-order valence-corrected chi connectivity index (χ0v) is 12.5. The average molecular weight is 302 g/mol. The summed E-state index contributed by atoms with van der Waals surface area (Å²) in [6, 6.07) is 11.9. The fourth-order valence-electron chi connectivity index (χ4n) is 2.43. The summed E-state index contributed by atoms with van der Waals surface area (Å²) in [6.45, 7) is 2.05. The number of hydrogen-bond acceptors (Lipinski definition) is 5. The van der Waals surface area contributed by atoms with Gasteiger partial charge in [-0.25, -0.2) is 4.52 Å². The molecule has 1 N–H and O–H groups in total. The minimum Gasteiger partial charge on any atom is -0.323 e. The quantitative estimate of drug-likeness (QED) is 0.629. The smallest absolute Gasteiger partial charge is 0.247 e. The number of hydrogen-bond donors (Lipinski definition) is 1. The predicted molar refractivity (Wildman–Crippen MR) is 88.5 cm³/mol. The third-order valence-electron chi connectivity index (χ3n) is 3.46. The molecule has 1 aromatic carbocycles. The lowest BCUT2D eigenvalue weighted by Crippen LogP contribution is -1.94. The monoisotopic (exact) mass is 302 g/mol. The third-order valence-corrected chi connectivity index (χ3v) is 3.46. The lowest BCUT2D eigenvalue weighted by atomic mass is 10.2. The van der Waals surface area contributed by atoms with Gasteiger partial charge >= 0.3 is 0 Å². The number of fused-ring (bicyclic) bond motifs is 1. The van der Waals surface area contributed by atoms with E-state index in [1.54, 1.807) is 29.3 Å². The topological polar surface area (TPSA) is 68.0 Å². The SMILES string of the molecule is Cc1cccc(Nc2nc3c(-c4cccnc4)nccn3n2)c1. The molecular weight excluding hydrogens is 288 g/mol. The van der Waals surface area contributed by atoms with Gasteiger partial charge < -0.3 is 5.32 Å². The van der Waals surface area contributed by atoms with Crippen LogP contribution in [0.4, 0.5) is 11.6 Å². The lowest BCUT2D eigenvalue weighted by molar-refractivity contribution is 0.951. The number of nitrogens with zero attached hydrogens (tertiary/aromatic N) is 5. The van der Waals surface area contributed by atoms with Crippen LogP contribution >= 0.6 is 0 Å². The van der Waals surface area contributed by atoms with Gasteiger partial charge in [0.15, 0.2) is 5.65 Å². The number of rotatable bonds is 3. The molecule has 0 aliphatic rings. The number of aromatic nitrogens is 5. The van der Waals surface area contributed by atoms with Gasteiger partial charge in [0.05, 0.1) is 0 Å². The second-order valence-electron chi connectivity index (χ2n) is 5.22. The van der Waals surface area contributed by atoms with E-state index in [4.69, 9.17) is 0 Å². The molecule has 0 saturated heterocycles. The van der Waals surface area contributed by atoms with E-state index in [0.29, 0.717) is 11.6 Å². The molecule has 0 bridgehead atoms. The van der Waals surface area contributed by atoms with Crippen LogP contribution in [0, 0.1) is 6.92 Å². The van der Waals surface area contributed by atoms with E-state index < -0.39 is 0 Å². The minimum absolute atomic E-state index is 0.536. The molecule has 6 heteroatoms. The van der Waals surface area contributed by atoms with Gasteiger partial charge in [-0.3, -0.25) is 9.97 Å². The molecule has 4 aromatic rings. The van der Waals surface area contributed by atoms with Crippen molar-refractivity contribution in [1.82, 2.24) is 24.6 Å². The van der Waals surface area contributed by atoms with Gasteiger partial charge in [-0.1, -0.05) is 12.1 Å². The molecule has 0 aliphatic heterocycles. The van der Waals surface area contributed by atoms with Gasteiger partial charge in [0.2, 0.25) is 5.95 Å². The summed E-state index contributed by atoms with van der Waals surface area (Å²) < 4.78 is 1.72. The molecule has 0 amide bonds. The molecule has 0 saturated carbocycles. The van der Waals surface area contributed by atoms with E-state index in [0.717, 1.165) is 16.9 Å². The van der Waals surface area contributed by atoms with Gasteiger partial charge in [0.25, 0.3) is 0 Å². The highest BCUT2D eigenvalue weighted by Gasteiger charge is 2.11. The standard InChI is InChI=1S/C17H14N6/c1-12-4-2-6-14(10-12)20-17-21-16-15(13-5-3-7-18-11-13)19-8-9-23(16)22-17/h2-11H,1H3,(H,20,22). The summed E-state index contributed by atoms with van der Waals surface area (Å²) in [7, 11) is 0. The van der Waals surface area contributed by atoms with E-state index >= 15 is 0 Å². The molecule has 0 spiro atoms. The van der Waals surface area contributed by atoms with Crippen LogP contribution in [0.15, 0.2) is 61.2 Å². The van der Waals surface area contributed by atoms with Crippen LogP contribution in [0.3, 0.4) is 0 Å². The Bertz CT molecular complexity index is 961. The first-order valence-electron chi connectivity index (χ1n) is 7.25. The lowest BCUT2D eigenvalue weighted by Gasteiger charge is -2.01. The van der Waals surface area contributed by atoms with Crippen molar-refractivity contribution in [2.45, 2.75) is 6.92 Å². The Hall–Kier alpha value is -3.28. The zero-order chi connectivity index (χ0) is 15.6. The maximum absolute atomic E-state index is 4.56. The first kappa shape index (κ1) is 13.4. The molecule has 3 aromatic heterocycles. The van der Waals surface area contributed by atoms with Crippen molar-refractivity contribution >= 4 is 17.3 Å². The molecule has 0 unspecified atom stereocenters. The normalized spacial score (nSPS) is 10.8. The highest BCUT2D eigenvalue weighted by molar-refractivity contribution is 5.73. The molecule has 3 heterocycles. The molecule has 4 rings (SSSR count). The van der Waals surface area contributed by atoms with E-state index in [9.17, 15) is 0 Å². The van der Waals surface area contributed by atoms with Crippen LogP contribution in [0.5, 0.6) is 0 Å². The molecule has 23 heavy (non-hydrogen) atoms. The first-order valence-corrected chi connectivity index (χ1v) is 7.25. The van der Waals surface area contributed by atoms with E-state index in [1.165, 1.54) is 5.56 Å². The number of pyridine rings is 1. The number of aryl methyl sites for hydroxylation is 1. The van der Waals surface area contributed by atoms with Gasteiger partial charge in [-0.15, -0.1) is 5.10 Å². The summed E-state index contributed by atoms with van der Waals surface area (Å²) in [5.41, 5.74) is 4.49. The second-order valence-corrected chi connectivity index (χ2v) is 5.22. The van der Waals surface area contributed by atoms with Crippen LogP contribution in [0.2, 0.25) is 0 Å². The van der Waals surface area contributed by atoms with Crippen LogP contribution in [0.1, 0.15) is 5.56 Å². The highest BCUT2D eigenvalue weighted by Crippen LogP contribution is 2.22. The van der Waals surface area contributed by atoms with Crippen molar-refractivity contribution in [3.05, 3.63) is 66.7 Å². The van der Waals surface area contributed by atoms with Gasteiger partial charge in [-0.05, 0) is 36.8 Å². The molecule has 0 atom stereocenters. The Kier molecular flexibility index (Phi) is 3.20. The highest BCUT2D eigenvalue weighted by atomic mass is 15.3. The van der Waals surface area contributed by atoms with Crippen LogP contribution < -0.4 is 5.32 Å². The Balaban J connectivity index is 1.76. The van der Waals surface area contributed by atoms with Crippen LogP contribution in [0.25, 0.3) is 16.9 Å². The Morgan fingerprint density at radius 2 is 2.04 bits per heavy atom. The average Bonchev–Trinajstić information content (AvgIpc) is 2.98. The maximum atomic E-state index is 4.56. The molecule has 0 radical (unpaired) electrons. The first-order chi connectivity index (χ1) is 11.3. The summed E-state index contributed by atoms with van der Waals surface area (Å²) in [5.74, 6) is 0.536. The van der Waals surface area contributed by atoms with Crippen LogP contribution in [-0.2, 0) is 0 Å². The van der Waals surface area contributed by atoms with E-state index in [1.807, 2.05) is 43.3 Å². The Morgan fingerprint density at radius 3 is 2.87 bits per heavy atom. The second kappa shape index (κ2) is 5.49. The largest absolute Gasteiger partial charge is 0.323 e. The molecule has 0 aliphatic carbocycles. The van der Waals surface area contributed by atoms with Crippen molar-refractivity contribution in [2.24, 2.45) is 0 Å². The molecular formula is C17H14N6. The molecule has 0 fully saturated rings. The van der Waals surface area contributed by atoms with Crippen molar-refractivity contribution < 1.29 is 0 Å². The predicted octanol–water partition coefficient (Wildman–Crippen LogP) is 3.24. The fourth-order valence-corrected chi connectivity index (χ4v) is 2.43. The zero-order valence-electron chi connectivity index (χ0n) is 12.5. The van der Waals surface area contributed by atoms with Gasteiger partial charge in [0.1, 0.15) is 5.69 Å². The molecule has 6 nitrogen and oxygen atoms in total. The number of benzene rings is 1. The van der Waals surface area contributed by atoms with Crippen molar-refractivity contribution in [3.8, 4) is 11.3 Å². The van der Waals surface area contributed by atoms with E-state index in [-0.39, 0.29) is 0 Å². The summed E-state index contributed by atoms with van der Waals surface area (Å²) in [5, 5.41) is 7.68. The third kappa shape index (κ3) is 2.62. The number of nitrogens with one attached hydrogen (secondary N) is 1. The van der Waals surface area contributed by atoms with Crippen molar-refractivity contribution in [3.63, 3.8) is 0 Å². The maximum Gasteiger partial charge on any atom is 0.247 e. The minimum atomic E-state index is 0.536. The van der Waals surface area contributed by atoms with Gasteiger partial charge in [0, 0.05) is 36.0 Å². The summed E-state index contributed by atoms with van der Waals surface area (Å²) in [6.07, 6.45) is 6.99.